The normalized spacial score (nSPS) is 11.0. The molecule has 1 heterocycles. The van der Waals surface area contributed by atoms with Gasteiger partial charge in [-0.25, -0.2) is 4.98 Å². The molecule has 0 bridgehead atoms. The maximum Gasteiger partial charge on any atom is 0.226 e. The van der Waals surface area contributed by atoms with E-state index in [0.29, 0.717) is 30.5 Å². The number of anilines is 1. The molecule has 0 aliphatic heterocycles. The highest BCUT2D eigenvalue weighted by Gasteiger charge is 2.12. The van der Waals surface area contributed by atoms with E-state index in [2.05, 4.69) is 74.4 Å². The van der Waals surface area contributed by atoms with Crippen molar-refractivity contribution < 1.29 is 9.53 Å². The third kappa shape index (κ3) is 5.70. The van der Waals surface area contributed by atoms with Gasteiger partial charge in [0.2, 0.25) is 5.91 Å². The fraction of sp³-hybridized carbons (Fsp3) is 0.360. The summed E-state index contributed by atoms with van der Waals surface area (Å²) in [4.78, 5) is 18.0. The van der Waals surface area contributed by atoms with Crippen molar-refractivity contribution in [3.8, 4) is 17.0 Å². The number of nitrogens with one attached hydrogen (secondary N) is 1. The standard InChI is InChI=1S/C25H30N2O2S/c1-16(2)22-13-12-21(15-18(22)4)29-14-6-7-23(28)26-25-27-24(19(5)30-25)20-10-8-17(3)9-11-20/h8-13,15-16H,6-7,14H2,1-5H3,(H,26,27,28). The molecule has 2 aromatic carbocycles. The minimum absolute atomic E-state index is 0.0332. The summed E-state index contributed by atoms with van der Waals surface area (Å²) in [6.45, 7) is 11.1. The smallest absolute Gasteiger partial charge is 0.226 e. The lowest BCUT2D eigenvalue weighted by atomic mass is 9.98. The molecule has 1 aromatic heterocycles. The van der Waals surface area contributed by atoms with Crippen LogP contribution in [0.25, 0.3) is 11.3 Å². The largest absolute Gasteiger partial charge is 0.494 e. The van der Waals surface area contributed by atoms with Crippen molar-refractivity contribution in [1.82, 2.24) is 4.98 Å². The van der Waals surface area contributed by atoms with E-state index in [1.807, 2.05) is 13.0 Å². The van der Waals surface area contributed by atoms with Gasteiger partial charge in [-0.2, -0.15) is 0 Å². The first-order chi connectivity index (χ1) is 14.3. The van der Waals surface area contributed by atoms with Crippen molar-refractivity contribution >= 4 is 22.4 Å². The number of aryl methyl sites for hydroxylation is 3. The number of hydrogen-bond acceptors (Lipinski definition) is 4. The lowest BCUT2D eigenvalue weighted by molar-refractivity contribution is -0.116. The summed E-state index contributed by atoms with van der Waals surface area (Å²) in [5.41, 5.74) is 5.79. The Bertz CT molecular complexity index is 1010. The van der Waals surface area contributed by atoms with Crippen molar-refractivity contribution in [3.63, 3.8) is 0 Å². The second-order valence-corrected chi connectivity index (χ2v) is 9.17. The Kier molecular flexibility index (Phi) is 7.27. The van der Waals surface area contributed by atoms with Gasteiger partial charge in [0.05, 0.1) is 12.3 Å². The molecule has 158 valence electrons. The summed E-state index contributed by atoms with van der Waals surface area (Å²) in [5.74, 6) is 1.33. The molecule has 0 saturated heterocycles. The number of benzene rings is 2. The van der Waals surface area contributed by atoms with Crippen LogP contribution in [0.2, 0.25) is 0 Å². The third-order valence-corrected chi connectivity index (χ3v) is 5.93. The zero-order valence-electron chi connectivity index (χ0n) is 18.4. The second-order valence-electron chi connectivity index (χ2n) is 7.96. The van der Waals surface area contributed by atoms with Gasteiger partial charge in [-0.1, -0.05) is 49.7 Å². The average Bonchev–Trinajstić information content (AvgIpc) is 3.05. The van der Waals surface area contributed by atoms with Gasteiger partial charge in [-0.05, 0) is 56.4 Å². The molecular formula is C25H30N2O2S. The van der Waals surface area contributed by atoms with Gasteiger partial charge in [0.1, 0.15) is 5.75 Å². The van der Waals surface area contributed by atoms with E-state index >= 15 is 0 Å². The summed E-state index contributed by atoms with van der Waals surface area (Å²) in [6, 6.07) is 14.5. The fourth-order valence-corrected chi connectivity index (χ4v) is 4.27. The van der Waals surface area contributed by atoms with Crippen molar-refractivity contribution in [3.05, 3.63) is 64.0 Å². The Morgan fingerprint density at radius 2 is 1.83 bits per heavy atom. The average molecular weight is 423 g/mol. The van der Waals surface area contributed by atoms with Gasteiger partial charge in [0, 0.05) is 16.9 Å². The maximum absolute atomic E-state index is 12.3. The first kappa shape index (κ1) is 22.0. The molecule has 5 heteroatoms. The van der Waals surface area contributed by atoms with E-state index in [4.69, 9.17) is 4.74 Å². The number of amides is 1. The van der Waals surface area contributed by atoms with Gasteiger partial charge in [-0.15, -0.1) is 11.3 Å². The number of rotatable bonds is 8. The number of aromatic nitrogens is 1. The molecule has 0 spiro atoms. The Morgan fingerprint density at radius 3 is 2.50 bits per heavy atom. The summed E-state index contributed by atoms with van der Waals surface area (Å²) >= 11 is 1.51. The molecule has 0 aliphatic rings. The van der Waals surface area contributed by atoms with E-state index in [-0.39, 0.29) is 5.91 Å². The molecule has 0 aliphatic carbocycles. The summed E-state index contributed by atoms with van der Waals surface area (Å²) in [6.07, 6.45) is 1.06. The minimum Gasteiger partial charge on any atom is -0.494 e. The SMILES string of the molecule is Cc1ccc(-c2nc(NC(=O)CCCOc3ccc(C(C)C)c(C)c3)sc2C)cc1. The molecule has 0 unspecified atom stereocenters. The van der Waals surface area contributed by atoms with E-state index in [9.17, 15) is 4.79 Å². The predicted octanol–water partition coefficient (Wildman–Crippen LogP) is 6.66. The third-order valence-electron chi connectivity index (χ3n) is 5.05. The lowest BCUT2D eigenvalue weighted by Gasteiger charge is -2.12. The van der Waals surface area contributed by atoms with E-state index in [1.165, 1.54) is 28.0 Å². The number of hydrogen-bond donors (Lipinski definition) is 1. The monoisotopic (exact) mass is 422 g/mol. The first-order valence-electron chi connectivity index (χ1n) is 10.4. The van der Waals surface area contributed by atoms with Crippen LogP contribution in [0.15, 0.2) is 42.5 Å². The summed E-state index contributed by atoms with van der Waals surface area (Å²) < 4.78 is 5.82. The van der Waals surface area contributed by atoms with Crippen LogP contribution < -0.4 is 10.1 Å². The summed E-state index contributed by atoms with van der Waals surface area (Å²) in [5, 5.41) is 3.57. The van der Waals surface area contributed by atoms with Crippen LogP contribution in [0.1, 0.15) is 54.2 Å². The van der Waals surface area contributed by atoms with E-state index in [0.717, 1.165) is 21.9 Å². The number of thiazole rings is 1. The van der Waals surface area contributed by atoms with E-state index in [1.54, 1.807) is 0 Å². The summed E-state index contributed by atoms with van der Waals surface area (Å²) in [7, 11) is 0. The molecule has 3 aromatic rings. The van der Waals surface area contributed by atoms with Gasteiger partial charge >= 0.3 is 0 Å². The van der Waals surface area contributed by atoms with Gasteiger partial charge in [0.25, 0.3) is 0 Å². The number of nitrogens with zero attached hydrogens (tertiary/aromatic N) is 1. The molecule has 0 fully saturated rings. The van der Waals surface area contributed by atoms with E-state index < -0.39 is 0 Å². The quantitative estimate of drug-likeness (QED) is 0.413. The lowest BCUT2D eigenvalue weighted by Crippen LogP contribution is -2.12. The van der Waals surface area contributed by atoms with Crippen LogP contribution in [-0.2, 0) is 4.79 Å². The Balaban J connectivity index is 1.48. The fourth-order valence-electron chi connectivity index (χ4n) is 3.42. The maximum atomic E-state index is 12.3. The molecule has 3 rings (SSSR count). The molecule has 1 N–H and O–H groups in total. The van der Waals surface area contributed by atoms with Crippen molar-refractivity contribution in [1.29, 1.82) is 0 Å². The van der Waals surface area contributed by atoms with Crippen LogP contribution in [-0.4, -0.2) is 17.5 Å². The van der Waals surface area contributed by atoms with Gasteiger partial charge in [0.15, 0.2) is 5.13 Å². The van der Waals surface area contributed by atoms with Crippen LogP contribution in [0, 0.1) is 20.8 Å². The van der Waals surface area contributed by atoms with Crippen LogP contribution in [0.5, 0.6) is 5.75 Å². The number of carbonyl (C=O) groups is 1. The molecule has 0 atom stereocenters. The van der Waals surface area contributed by atoms with Gasteiger partial charge < -0.3 is 10.1 Å². The van der Waals surface area contributed by atoms with Gasteiger partial charge in [-0.3, -0.25) is 4.79 Å². The Labute approximate surface area is 183 Å². The van der Waals surface area contributed by atoms with Crippen LogP contribution >= 0.6 is 11.3 Å². The molecule has 30 heavy (non-hydrogen) atoms. The van der Waals surface area contributed by atoms with Crippen molar-refractivity contribution in [2.24, 2.45) is 0 Å². The van der Waals surface area contributed by atoms with Crippen molar-refractivity contribution in [2.75, 3.05) is 11.9 Å². The molecule has 0 radical (unpaired) electrons. The number of ether oxygens (including phenoxy) is 1. The first-order valence-corrected chi connectivity index (χ1v) is 11.2. The van der Waals surface area contributed by atoms with Crippen LogP contribution in [0.3, 0.4) is 0 Å². The topological polar surface area (TPSA) is 51.2 Å². The molecule has 0 saturated carbocycles. The highest BCUT2D eigenvalue weighted by molar-refractivity contribution is 7.16. The number of carbonyl (C=O) groups excluding carboxylic acids is 1. The molecule has 4 nitrogen and oxygen atoms in total. The Hall–Kier alpha value is -2.66. The molecule has 1 amide bonds. The highest BCUT2D eigenvalue weighted by Crippen LogP contribution is 2.30. The van der Waals surface area contributed by atoms with Crippen molar-refractivity contribution in [2.45, 2.75) is 53.4 Å². The Morgan fingerprint density at radius 1 is 1.10 bits per heavy atom. The minimum atomic E-state index is -0.0332. The molecular weight excluding hydrogens is 392 g/mol. The van der Waals surface area contributed by atoms with Crippen LogP contribution in [0.4, 0.5) is 5.13 Å². The second kappa shape index (κ2) is 9.90. The highest BCUT2D eigenvalue weighted by atomic mass is 32.1. The predicted molar refractivity (Wildman–Crippen MR) is 126 cm³/mol. The zero-order chi connectivity index (χ0) is 21.7. The zero-order valence-corrected chi connectivity index (χ0v) is 19.2.